The monoisotopic (exact) mass is 543 g/mol. The number of anilines is 3. The van der Waals surface area contributed by atoms with Crippen LogP contribution in [0.2, 0.25) is 0 Å². The number of aromatic nitrogens is 6. The number of carbonyl (C=O) groups excluding carboxylic acids is 1. The summed E-state index contributed by atoms with van der Waals surface area (Å²) in [5.74, 6) is 1.65. The minimum absolute atomic E-state index is 0.256. The molecule has 11 nitrogen and oxygen atoms in total. The van der Waals surface area contributed by atoms with E-state index in [0.717, 1.165) is 29.9 Å². The Balaban J connectivity index is 1.16. The van der Waals surface area contributed by atoms with Crippen LogP contribution in [0.15, 0.2) is 43.0 Å². The summed E-state index contributed by atoms with van der Waals surface area (Å²) in [7, 11) is 1.94. The number of nitrogens with one attached hydrogen (secondary N) is 1. The lowest BCUT2D eigenvalue weighted by atomic mass is 9.98. The third-order valence-corrected chi connectivity index (χ3v) is 7.60. The molecule has 0 unspecified atom stereocenters. The lowest BCUT2D eigenvalue weighted by Gasteiger charge is -2.36. The Labute approximate surface area is 234 Å². The van der Waals surface area contributed by atoms with E-state index in [1.165, 1.54) is 36.9 Å². The molecule has 1 saturated heterocycles. The first kappa shape index (κ1) is 26.1. The summed E-state index contributed by atoms with van der Waals surface area (Å²) in [5, 5.41) is 12.6. The quantitative estimate of drug-likeness (QED) is 0.376. The molecule has 11 heteroatoms. The smallest absolute Gasteiger partial charge is 0.410 e. The molecule has 0 radical (unpaired) electrons. The fourth-order valence-electron chi connectivity index (χ4n) is 5.66. The van der Waals surface area contributed by atoms with Crippen LogP contribution in [0.5, 0.6) is 0 Å². The highest BCUT2D eigenvalue weighted by Crippen LogP contribution is 2.40. The summed E-state index contributed by atoms with van der Waals surface area (Å²) >= 11 is 0. The molecule has 2 aliphatic rings. The molecule has 1 amide bonds. The number of piperazine rings is 1. The maximum atomic E-state index is 12.4. The van der Waals surface area contributed by atoms with Crippen molar-refractivity contribution in [2.24, 2.45) is 7.05 Å². The lowest BCUT2D eigenvalue weighted by Crippen LogP contribution is -2.50. The fourth-order valence-corrected chi connectivity index (χ4v) is 5.66. The first-order valence-electron chi connectivity index (χ1n) is 14.1. The molecule has 0 atom stereocenters. The van der Waals surface area contributed by atoms with Crippen LogP contribution >= 0.6 is 0 Å². The highest BCUT2D eigenvalue weighted by molar-refractivity contribution is 5.73. The van der Waals surface area contributed by atoms with Gasteiger partial charge in [0.2, 0.25) is 5.95 Å². The van der Waals surface area contributed by atoms with Crippen molar-refractivity contribution in [1.29, 1.82) is 0 Å². The van der Waals surface area contributed by atoms with Crippen molar-refractivity contribution in [3.8, 4) is 11.1 Å². The third kappa shape index (κ3) is 5.45. The molecule has 0 spiro atoms. The Morgan fingerprint density at radius 3 is 2.45 bits per heavy atom. The van der Waals surface area contributed by atoms with E-state index < -0.39 is 5.60 Å². The number of rotatable bonds is 5. The number of carbonyl (C=O) groups is 1. The number of ether oxygens (including phenoxy) is 1. The molecular weight excluding hydrogens is 506 g/mol. The molecule has 1 aliphatic heterocycles. The van der Waals surface area contributed by atoms with Gasteiger partial charge < -0.3 is 19.9 Å². The molecule has 4 aromatic rings. The Kier molecular flexibility index (Phi) is 6.81. The minimum atomic E-state index is -0.490. The number of fused-ring (bicyclic) bond motifs is 1. The van der Waals surface area contributed by atoms with Gasteiger partial charge in [0.1, 0.15) is 11.4 Å². The van der Waals surface area contributed by atoms with E-state index in [2.05, 4.69) is 37.5 Å². The summed E-state index contributed by atoms with van der Waals surface area (Å²) in [6.07, 6.45) is 12.3. The van der Waals surface area contributed by atoms with Gasteiger partial charge in [0.05, 0.1) is 35.5 Å². The van der Waals surface area contributed by atoms with Crippen LogP contribution in [-0.4, -0.2) is 72.1 Å². The zero-order valence-electron chi connectivity index (χ0n) is 23.7. The highest BCUT2D eigenvalue weighted by Gasteiger charge is 2.27. The van der Waals surface area contributed by atoms with Gasteiger partial charge in [0.15, 0.2) is 0 Å². The van der Waals surface area contributed by atoms with Crippen LogP contribution < -0.4 is 10.2 Å². The Bertz CT molecular complexity index is 1490. The van der Waals surface area contributed by atoms with Gasteiger partial charge >= 0.3 is 6.09 Å². The zero-order valence-corrected chi connectivity index (χ0v) is 23.7. The first-order valence-corrected chi connectivity index (χ1v) is 14.1. The van der Waals surface area contributed by atoms with Crippen molar-refractivity contribution < 1.29 is 9.53 Å². The van der Waals surface area contributed by atoms with Crippen molar-refractivity contribution in [3.05, 3.63) is 48.7 Å². The van der Waals surface area contributed by atoms with Crippen molar-refractivity contribution in [2.45, 2.75) is 58.0 Å². The molecule has 0 aromatic carbocycles. The fraction of sp³-hybridized carbons (Fsp3) is 0.483. The SMILES string of the molecule is Cn1cc(-c2cc3cnc(Nc4ccc(N5CCN(C(=O)OC(C)(C)C)CC5)cn4)nn3c2C2CCCC2)cn1. The van der Waals surface area contributed by atoms with Crippen molar-refractivity contribution >= 4 is 29.1 Å². The van der Waals surface area contributed by atoms with Crippen LogP contribution in [0.3, 0.4) is 0 Å². The van der Waals surface area contributed by atoms with Gasteiger partial charge in [-0.1, -0.05) is 12.8 Å². The largest absolute Gasteiger partial charge is 0.444 e. The summed E-state index contributed by atoms with van der Waals surface area (Å²) in [4.78, 5) is 25.6. The Hall–Kier alpha value is -4.15. The van der Waals surface area contributed by atoms with Crippen LogP contribution in [0.25, 0.3) is 16.6 Å². The Morgan fingerprint density at radius 1 is 1.02 bits per heavy atom. The highest BCUT2D eigenvalue weighted by atomic mass is 16.6. The molecule has 210 valence electrons. The second-order valence-corrected chi connectivity index (χ2v) is 11.7. The predicted octanol–water partition coefficient (Wildman–Crippen LogP) is 4.98. The summed E-state index contributed by atoms with van der Waals surface area (Å²) in [6.45, 7) is 8.34. The summed E-state index contributed by atoms with van der Waals surface area (Å²) in [5.41, 5.74) is 5.02. The number of nitrogens with zero attached hydrogens (tertiary/aromatic N) is 8. The minimum Gasteiger partial charge on any atom is -0.444 e. The summed E-state index contributed by atoms with van der Waals surface area (Å²) in [6, 6.07) is 6.15. The van der Waals surface area contributed by atoms with Gasteiger partial charge in [0, 0.05) is 56.5 Å². The molecule has 0 bridgehead atoms. The second-order valence-electron chi connectivity index (χ2n) is 11.7. The summed E-state index contributed by atoms with van der Waals surface area (Å²) < 4.78 is 9.39. The van der Waals surface area contributed by atoms with Gasteiger partial charge in [-0.3, -0.25) is 4.68 Å². The normalized spacial score (nSPS) is 16.6. The molecule has 4 aromatic heterocycles. The predicted molar refractivity (Wildman–Crippen MR) is 154 cm³/mol. The van der Waals surface area contributed by atoms with Crippen molar-refractivity contribution in [2.75, 3.05) is 36.4 Å². The second kappa shape index (κ2) is 10.4. The molecule has 2 fully saturated rings. The third-order valence-electron chi connectivity index (χ3n) is 7.60. The van der Waals surface area contributed by atoms with Gasteiger partial charge in [-0.05, 0) is 51.8 Å². The molecular formula is C29H37N9O2. The molecule has 1 saturated carbocycles. The van der Waals surface area contributed by atoms with Crippen LogP contribution in [0, 0.1) is 0 Å². The average Bonchev–Trinajstić information content (AvgIpc) is 3.68. The Morgan fingerprint density at radius 2 is 1.80 bits per heavy atom. The molecule has 5 heterocycles. The number of aryl methyl sites for hydroxylation is 1. The van der Waals surface area contributed by atoms with E-state index in [0.29, 0.717) is 30.8 Å². The maximum Gasteiger partial charge on any atom is 0.410 e. The van der Waals surface area contributed by atoms with Gasteiger partial charge in [0.25, 0.3) is 0 Å². The molecule has 6 rings (SSSR count). The van der Waals surface area contributed by atoms with Crippen molar-refractivity contribution in [3.63, 3.8) is 0 Å². The van der Waals surface area contributed by atoms with E-state index in [-0.39, 0.29) is 6.09 Å². The number of hydrogen-bond donors (Lipinski definition) is 1. The number of pyridine rings is 1. The zero-order chi connectivity index (χ0) is 27.9. The van der Waals surface area contributed by atoms with Crippen LogP contribution in [0.4, 0.5) is 22.2 Å². The van der Waals surface area contributed by atoms with E-state index >= 15 is 0 Å². The average molecular weight is 544 g/mol. The van der Waals surface area contributed by atoms with Crippen molar-refractivity contribution in [1.82, 2.24) is 34.3 Å². The first-order chi connectivity index (χ1) is 19.2. The molecule has 1 N–H and O–H groups in total. The molecule has 40 heavy (non-hydrogen) atoms. The van der Waals surface area contributed by atoms with E-state index in [1.54, 1.807) is 4.90 Å². The van der Waals surface area contributed by atoms with E-state index in [9.17, 15) is 4.79 Å². The van der Waals surface area contributed by atoms with Crippen LogP contribution in [-0.2, 0) is 11.8 Å². The standard InChI is InChI=1S/C29H37N9O2/c1-29(2,3)40-28(39)37-13-11-36(12-14-37)22-9-10-25(30-17-22)33-27-31-18-23-15-24(21-16-32-35(4)19-21)26(38(23)34-27)20-7-5-6-8-20/h9-10,15-20H,5-8,11-14H2,1-4H3,(H,30,33,34). The molecule has 1 aliphatic carbocycles. The van der Waals surface area contributed by atoms with Gasteiger partial charge in [-0.15, -0.1) is 5.10 Å². The van der Waals surface area contributed by atoms with Gasteiger partial charge in [-0.2, -0.15) is 5.10 Å². The topological polar surface area (TPSA) is 106 Å². The van der Waals surface area contributed by atoms with E-state index in [1.807, 2.05) is 67.7 Å². The number of hydrogen-bond acceptors (Lipinski definition) is 8. The maximum absolute atomic E-state index is 12.4. The van der Waals surface area contributed by atoms with E-state index in [4.69, 9.17) is 9.84 Å². The number of amides is 1. The van der Waals surface area contributed by atoms with Gasteiger partial charge in [-0.25, -0.2) is 19.3 Å². The lowest BCUT2D eigenvalue weighted by molar-refractivity contribution is 0.0240. The van der Waals surface area contributed by atoms with Crippen LogP contribution in [0.1, 0.15) is 58.1 Å².